The predicted molar refractivity (Wildman–Crippen MR) is 48.2 cm³/mol. The van der Waals surface area contributed by atoms with E-state index in [2.05, 4.69) is 0 Å². The predicted octanol–water partition coefficient (Wildman–Crippen LogP) is -2.00. The first kappa shape index (κ1) is 13.8. The Morgan fingerprint density at radius 2 is 1.93 bits per heavy atom. The maximum Gasteiger partial charge on any atom is 1.00 e. The van der Waals surface area contributed by atoms with Crippen LogP contribution in [0.2, 0.25) is 0 Å². The van der Waals surface area contributed by atoms with Gasteiger partial charge in [-0.25, -0.2) is 0 Å². The van der Waals surface area contributed by atoms with Gasteiger partial charge in [-0.15, -0.1) is 0 Å². The van der Waals surface area contributed by atoms with Gasteiger partial charge in [0.1, 0.15) is 12.0 Å². The molecule has 0 aliphatic carbocycles. The minimum Gasteiger partial charge on any atom is -1.00 e. The molecule has 1 rings (SSSR count). The normalized spacial score (nSPS) is 10.4. The maximum absolute atomic E-state index is 10.5. The van der Waals surface area contributed by atoms with E-state index in [1.165, 1.54) is 12.1 Å². The molecule has 0 saturated heterocycles. The van der Waals surface area contributed by atoms with E-state index in [0.29, 0.717) is 11.8 Å². The number of carbonyl (C=O) groups excluding carboxylic acids is 1. The average molecular weight is 224 g/mol. The molecule has 0 atom stereocenters. The van der Waals surface area contributed by atoms with Crippen LogP contribution in [0.15, 0.2) is 24.3 Å². The molecule has 0 fully saturated rings. The van der Waals surface area contributed by atoms with E-state index >= 15 is 0 Å². The topological polar surface area (TPSA) is 71.4 Å². The second-order valence-corrected chi connectivity index (χ2v) is 4.00. The minimum atomic E-state index is -4.07. The smallest absolute Gasteiger partial charge is 1.00 e. The van der Waals surface area contributed by atoms with Crippen LogP contribution in [0.25, 0.3) is 0 Å². The van der Waals surface area contributed by atoms with E-state index in [9.17, 15) is 13.2 Å². The summed E-state index contributed by atoms with van der Waals surface area (Å²) in [5.41, 5.74) is 0.583. The Kier molecular flexibility index (Phi) is 5.54. The first-order valence-corrected chi connectivity index (χ1v) is 5.12. The van der Waals surface area contributed by atoms with Crippen LogP contribution in [-0.4, -0.2) is 19.3 Å². The number of hydrogen-bond donors (Lipinski definition) is 1. The van der Waals surface area contributed by atoms with Crippen molar-refractivity contribution in [3.63, 3.8) is 0 Å². The van der Waals surface area contributed by atoms with Crippen LogP contribution in [0, 0.1) is 0 Å². The molecule has 1 N–H and O–H groups in total. The molecule has 0 radical (unpaired) electrons. The Hall–Kier alpha value is -0.200. The largest absolute Gasteiger partial charge is 1.00 e. The summed E-state index contributed by atoms with van der Waals surface area (Å²) in [6, 6.07) is 6.20. The van der Waals surface area contributed by atoms with Crippen molar-refractivity contribution in [1.29, 1.82) is 0 Å². The average Bonchev–Trinajstić information content (AvgIpc) is 2.02. The molecule has 0 aliphatic rings. The van der Waals surface area contributed by atoms with Crippen molar-refractivity contribution in [1.82, 2.24) is 0 Å². The zero-order valence-corrected chi connectivity index (χ0v) is 10.5. The standard InChI is InChI=1S/C8H8O4S.Na.H/c9-5-7-3-1-2-4-8(7)6-13(10,11)12;;/h1-5H,6H2,(H,10,11,12);;/q;+1;-1. The third kappa shape index (κ3) is 4.34. The number of carbonyl (C=O) groups is 1. The molecule has 6 heteroatoms. The van der Waals surface area contributed by atoms with Crippen LogP contribution >= 0.6 is 0 Å². The van der Waals surface area contributed by atoms with Gasteiger partial charge in [-0.1, -0.05) is 24.3 Å². The van der Waals surface area contributed by atoms with E-state index in [1.54, 1.807) is 12.1 Å². The van der Waals surface area contributed by atoms with E-state index in [-0.39, 0.29) is 36.5 Å². The van der Waals surface area contributed by atoms with Gasteiger partial charge < -0.3 is 1.43 Å². The van der Waals surface area contributed by atoms with Crippen molar-refractivity contribution in [2.45, 2.75) is 5.75 Å². The molecule has 0 aliphatic heterocycles. The Balaban J connectivity index is 0. The molecule has 0 amide bonds. The summed E-state index contributed by atoms with van der Waals surface area (Å²) in [5.74, 6) is -0.526. The van der Waals surface area contributed by atoms with Crippen molar-refractivity contribution in [3.8, 4) is 0 Å². The molecule has 0 saturated carbocycles. The molecule has 0 spiro atoms. The zero-order valence-electron chi connectivity index (χ0n) is 8.67. The molecule has 14 heavy (non-hydrogen) atoms. The molecular weight excluding hydrogens is 215 g/mol. The fourth-order valence-corrected chi connectivity index (χ4v) is 1.63. The Morgan fingerprint density at radius 3 is 2.43 bits per heavy atom. The van der Waals surface area contributed by atoms with Gasteiger partial charge in [-0.3, -0.25) is 9.35 Å². The van der Waals surface area contributed by atoms with E-state index in [4.69, 9.17) is 4.55 Å². The number of benzene rings is 1. The third-order valence-corrected chi connectivity index (χ3v) is 2.20. The molecule has 1 aromatic carbocycles. The summed E-state index contributed by atoms with van der Waals surface area (Å²) in [5, 5.41) is 0. The molecular formula is C8H9NaO4S. The summed E-state index contributed by atoms with van der Waals surface area (Å²) in [6.45, 7) is 0. The Labute approximate surface area is 106 Å². The van der Waals surface area contributed by atoms with Gasteiger partial charge in [0.25, 0.3) is 10.1 Å². The van der Waals surface area contributed by atoms with Crippen molar-refractivity contribution >= 4 is 16.4 Å². The second-order valence-electron chi connectivity index (χ2n) is 2.54. The van der Waals surface area contributed by atoms with Gasteiger partial charge in [-0.05, 0) is 5.56 Å². The SMILES string of the molecule is O=Cc1ccccc1CS(=O)(=O)O.[H-].[Na+]. The van der Waals surface area contributed by atoms with Gasteiger partial charge in [0, 0.05) is 5.56 Å². The van der Waals surface area contributed by atoms with E-state index in [0.717, 1.165) is 0 Å². The van der Waals surface area contributed by atoms with Gasteiger partial charge in [0.05, 0.1) is 0 Å². The van der Waals surface area contributed by atoms with Gasteiger partial charge in [0.2, 0.25) is 0 Å². The quantitative estimate of drug-likeness (QED) is 0.366. The molecule has 0 aromatic heterocycles. The van der Waals surface area contributed by atoms with Crippen LogP contribution in [0.4, 0.5) is 0 Å². The van der Waals surface area contributed by atoms with Gasteiger partial charge >= 0.3 is 29.6 Å². The zero-order chi connectivity index (χ0) is 9.90. The van der Waals surface area contributed by atoms with Crippen molar-refractivity contribution < 1.29 is 48.7 Å². The van der Waals surface area contributed by atoms with Crippen LogP contribution in [-0.2, 0) is 15.9 Å². The van der Waals surface area contributed by atoms with Gasteiger partial charge in [0.15, 0.2) is 0 Å². The molecule has 0 heterocycles. The fourth-order valence-electron chi connectivity index (χ4n) is 0.977. The van der Waals surface area contributed by atoms with E-state index in [1.807, 2.05) is 0 Å². The van der Waals surface area contributed by atoms with Crippen molar-refractivity contribution in [2.24, 2.45) is 0 Å². The summed E-state index contributed by atoms with van der Waals surface area (Å²) in [4.78, 5) is 10.4. The summed E-state index contributed by atoms with van der Waals surface area (Å²) >= 11 is 0. The number of hydrogen-bond acceptors (Lipinski definition) is 3. The molecule has 1 aromatic rings. The maximum atomic E-state index is 10.5. The molecule has 0 bridgehead atoms. The first-order chi connectivity index (χ1) is 6.03. The summed E-state index contributed by atoms with van der Waals surface area (Å²) < 4.78 is 29.6. The van der Waals surface area contributed by atoms with Crippen LogP contribution in [0.5, 0.6) is 0 Å². The summed E-state index contributed by atoms with van der Waals surface area (Å²) in [6.07, 6.45) is 0.556. The number of rotatable bonds is 3. The van der Waals surface area contributed by atoms with Crippen molar-refractivity contribution in [3.05, 3.63) is 35.4 Å². The molecule has 4 nitrogen and oxygen atoms in total. The second kappa shape index (κ2) is 5.63. The molecule has 72 valence electrons. The van der Waals surface area contributed by atoms with E-state index < -0.39 is 15.9 Å². The monoisotopic (exact) mass is 224 g/mol. The van der Waals surface area contributed by atoms with Crippen molar-refractivity contribution in [2.75, 3.05) is 0 Å². The van der Waals surface area contributed by atoms with Crippen LogP contribution < -0.4 is 29.6 Å². The Bertz CT molecular complexity index is 418. The first-order valence-electron chi connectivity index (χ1n) is 3.51. The van der Waals surface area contributed by atoms with Gasteiger partial charge in [-0.2, -0.15) is 8.42 Å². The number of aldehydes is 1. The molecule has 0 unspecified atom stereocenters. The fraction of sp³-hybridized carbons (Fsp3) is 0.125. The third-order valence-electron chi connectivity index (χ3n) is 1.52. The van der Waals surface area contributed by atoms with Crippen LogP contribution in [0.1, 0.15) is 17.3 Å². The Morgan fingerprint density at radius 1 is 1.36 bits per heavy atom. The van der Waals surface area contributed by atoms with Crippen LogP contribution in [0.3, 0.4) is 0 Å². The summed E-state index contributed by atoms with van der Waals surface area (Å²) in [7, 11) is -4.07. The minimum absolute atomic E-state index is 0.